The zero-order chi connectivity index (χ0) is 22.0. The number of nitrogens with two attached hydrogens (primary N) is 1. The number of thioether (sulfide) groups is 1. The molecule has 31 heavy (non-hydrogen) atoms. The number of carboxylic acid groups (broad SMARTS) is 1. The van der Waals surface area contributed by atoms with Gasteiger partial charge in [0, 0.05) is 16.9 Å². The molecule has 1 aromatic carbocycles. The number of carbonyl (C=O) groups is 4. The third-order valence-corrected chi connectivity index (χ3v) is 5.69. The van der Waals surface area contributed by atoms with Crippen LogP contribution in [-0.4, -0.2) is 68.6 Å². The summed E-state index contributed by atoms with van der Waals surface area (Å²) in [5, 5.41) is 34.8. The van der Waals surface area contributed by atoms with Gasteiger partial charge in [-0.15, -0.1) is 11.8 Å². The number of nitrogens with zero attached hydrogens (tertiary/aromatic N) is 2. The van der Waals surface area contributed by atoms with E-state index >= 15 is 0 Å². The van der Waals surface area contributed by atoms with Crippen LogP contribution in [0.4, 0.5) is 4.79 Å². The molecular weight excluding hydrogens is 443 g/mol. The number of hydrogen-bond donors (Lipinski definition) is 4. The summed E-state index contributed by atoms with van der Waals surface area (Å²) in [5.41, 5.74) is 4.23. The van der Waals surface area contributed by atoms with Crippen molar-refractivity contribution in [3.8, 4) is 5.75 Å². The Labute approximate surface area is 201 Å². The number of benzene rings is 1. The number of phenols is 1. The van der Waals surface area contributed by atoms with Crippen molar-refractivity contribution >= 4 is 41.4 Å². The van der Waals surface area contributed by atoms with Crippen molar-refractivity contribution in [3.63, 3.8) is 0 Å². The number of amides is 3. The Bertz CT molecular complexity index is 998. The number of carboxylic acids is 1. The van der Waals surface area contributed by atoms with E-state index in [2.05, 4.69) is 15.2 Å². The second kappa shape index (κ2) is 10.0. The summed E-state index contributed by atoms with van der Waals surface area (Å²) in [4.78, 5) is 48.3. The molecular formula is C17H15N4NaO8S. The van der Waals surface area contributed by atoms with E-state index in [1.54, 1.807) is 0 Å². The molecule has 2 heterocycles. The average Bonchev–Trinajstić information content (AvgIpc) is 2.70. The molecule has 3 amide bonds. The number of fused-ring (bicyclic) bond motifs is 1. The van der Waals surface area contributed by atoms with Crippen molar-refractivity contribution in [2.75, 3.05) is 12.4 Å². The van der Waals surface area contributed by atoms with Crippen LogP contribution >= 0.6 is 11.8 Å². The number of carbonyl (C=O) groups excluding carboxylic acids is 4. The molecule has 0 spiro atoms. The zero-order valence-electron chi connectivity index (χ0n) is 16.1. The van der Waals surface area contributed by atoms with Gasteiger partial charge in [-0.05, 0) is 12.1 Å². The Morgan fingerprint density at radius 3 is 2.68 bits per heavy atom. The van der Waals surface area contributed by atoms with Gasteiger partial charge in [0.05, 0.1) is 11.7 Å². The zero-order valence-corrected chi connectivity index (χ0v) is 18.9. The molecule has 0 saturated carbocycles. The molecule has 0 aromatic heterocycles. The second-order valence-electron chi connectivity index (χ2n) is 6.21. The number of aliphatic carboxylic acids is 1. The number of ether oxygens (including phenoxy) is 1. The summed E-state index contributed by atoms with van der Waals surface area (Å²) in [5.74, 6) is -3.35. The molecule has 2 aliphatic rings. The molecule has 158 valence electrons. The van der Waals surface area contributed by atoms with Crippen LogP contribution in [0.2, 0.25) is 0 Å². The quantitative estimate of drug-likeness (QED) is 0.106. The number of rotatable bonds is 6. The van der Waals surface area contributed by atoms with Gasteiger partial charge in [0.15, 0.2) is 5.71 Å². The van der Waals surface area contributed by atoms with Gasteiger partial charge in [-0.1, -0.05) is 17.3 Å². The number of aromatic hydroxyl groups is 1. The van der Waals surface area contributed by atoms with Crippen molar-refractivity contribution in [2.24, 2.45) is 10.9 Å². The third-order valence-electron chi connectivity index (χ3n) is 4.35. The van der Waals surface area contributed by atoms with Gasteiger partial charge in [0.1, 0.15) is 23.8 Å². The first-order valence-electron chi connectivity index (χ1n) is 8.37. The summed E-state index contributed by atoms with van der Waals surface area (Å²) >= 11 is 1.13. The Morgan fingerprint density at radius 2 is 2.10 bits per heavy atom. The van der Waals surface area contributed by atoms with Crippen molar-refractivity contribution in [1.29, 1.82) is 0 Å². The Hall–Kier alpha value is -2.74. The van der Waals surface area contributed by atoms with Crippen LogP contribution in [0.1, 0.15) is 5.56 Å². The summed E-state index contributed by atoms with van der Waals surface area (Å²) in [6, 6.07) is 4.31. The maximum absolute atomic E-state index is 12.5. The minimum atomic E-state index is -1.64. The minimum Gasteiger partial charge on any atom is -0.543 e. The number of β-lactam (4-membered cyclic amide) rings is 1. The molecule has 2 atom stereocenters. The maximum atomic E-state index is 12.5. The largest absolute Gasteiger partial charge is 1.00 e. The first-order chi connectivity index (χ1) is 14.2. The van der Waals surface area contributed by atoms with E-state index in [4.69, 9.17) is 5.73 Å². The van der Waals surface area contributed by atoms with Crippen LogP contribution in [0.15, 0.2) is 40.7 Å². The number of hydrogen-bond acceptors (Lipinski definition) is 10. The normalized spacial score (nSPS) is 20.2. The fraction of sp³-hybridized carbons (Fsp3) is 0.235. The van der Waals surface area contributed by atoms with Gasteiger partial charge in [-0.3, -0.25) is 14.5 Å². The summed E-state index contributed by atoms with van der Waals surface area (Å²) in [7, 11) is 0. The molecule has 1 fully saturated rings. The van der Waals surface area contributed by atoms with E-state index in [1.807, 2.05) is 0 Å². The van der Waals surface area contributed by atoms with Gasteiger partial charge < -0.3 is 36.0 Å². The van der Waals surface area contributed by atoms with Crippen molar-refractivity contribution < 1.29 is 68.9 Å². The Morgan fingerprint density at radius 1 is 1.39 bits per heavy atom. The van der Waals surface area contributed by atoms with Crippen LogP contribution in [0.3, 0.4) is 0 Å². The van der Waals surface area contributed by atoms with Gasteiger partial charge in [-0.2, -0.15) is 0 Å². The average molecular weight is 458 g/mol. The molecule has 2 aliphatic heterocycles. The van der Waals surface area contributed by atoms with Crippen LogP contribution in [-0.2, 0) is 19.1 Å². The van der Waals surface area contributed by atoms with E-state index in [0.29, 0.717) is 0 Å². The molecule has 3 rings (SSSR count). The Kier molecular flexibility index (Phi) is 7.95. The Balaban J connectivity index is 0.00000341. The molecule has 14 heteroatoms. The molecule has 1 aromatic rings. The fourth-order valence-electron chi connectivity index (χ4n) is 3.04. The first-order valence-corrected chi connectivity index (χ1v) is 9.42. The van der Waals surface area contributed by atoms with Crippen molar-refractivity contribution in [3.05, 3.63) is 41.1 Å². The van der Waals surface area contributed by atoms with Gasteiger partial charge in [0.25, 0.3) is 11.8 Å². The van der Waals surface area contributed by atoms with Crippen LogP contribution < -0.4 is 45.7 Å². The van der Waals surface area contributed by atoms with Crippen LogP contribution in [0.25, 0.3) is 0 Å². The standard InChI is InChI=1S/C17H16N4O8S.Na/c18-17(27)29-5-8-6-30-15-11(14(24)21(15)12(8)16(25)26)19-13(23)10(20-28)7-2-1-3-9(22)4-7;/h1-4,11,15,22,28H,5-6H2,(H2,18,27)(H,19,23)(H,25,26);/q;+1/p-1/t11?,15-;/m1./s1. The maximum Gasteiger partial charge on any atom is 1.00 e. The SMILES string of the molecule is NC(=O)OCC1=C(C(=O)[O-])N2C(=O)C(NC(=O)C(=NO)c3cccc(O)c3)[C@H]2SC1.[Na+]. The summed E-state index contributed by atoms with van der Waals surface area (Å²) < 4.78 is 4.61. The second-order valence-corrected chi connectivity index (χ2v) is 7.31. The van der Waals surface area contributed by atoms with E-state index in [1.165, 1.54) is 24.3 Å². The number of nitrogens with one attached hydrogen (secondary N) is 1. The molecule has 1 unspecified atom stereocenters. The van der Waals surface area contributed by atoms with E-state index < -0.39 is 53.3 Å². The third kappa shape index (κ3) is 4.95. The van der Waals surface area contributed by atoms with Crippen LogP contribution in [0.5, 0.6) is 5.75 Å². The summed E-state index contributed by atoms with van der Waals surface area (Å²) in [6.45, 7) is -0.419. The van der Waals surface area contributed by atoms with Gasteiger partial charge >= 0.3 is 35.7 Å². The molecule has 12 nitrogen and oxygen atoms in total. The molecule has 0 aliphatic carbocycles. The van der Waals surface area contributed by atoms with Gasteiger partial charge in [0.2, 0.25) is 0 Å². The predicted molar refractivity (Wildman–Crippen MR) is 99.0 cm³/mol. The number of primary amides is 1. The van der Waals surface area contributed by atoms with Crippen LogP contribution in [0, 0.1) is 0 Å². The number of oxime groups is 1. The monoisotopic (exact) mass is 458 g/mol. The minimum absolute atomic E-state index is 0. The molecule has 1 saturated heterocycles. The van der Waals surface area contributed by atoms with E-state index in [0.717, 1.165) is 16.7 Å². The van der Waals surface area contributed by atoms with Gasteiger partial charge in [-0.25, -0.2) is 4.79 Å². The van der Waals surface area contributed by atoms with Crippen molar-refractivity contribution in [1.82, 2.24) is 10.2 Å². The predicted octanol–water partition coefficient (Wildman–Crippen LogP) is -4.93. The smallest absolute Gasteiger partial charge is 0.543 e. The number of phenolic OH excluding ortho intramolecular Hbond substituents is 1. The van der Waals surface area contributed by atoms with E-state index in [-0.39, 0.29) is 52.2 Å². The fourth-order valence-corrected chi connectivity index (χ4v) is 4.37. The topological polar surface area (TPSA) is 195 Å². The summed E-state index contributed by atoms with van der Waals surface area (Å²) in [6.07, 6.45) is -1.10. The molecule has 0 radical (unpaired) electrons. The first kappa shape index (κ1) is 24.5. The molecule has 0 bridgehead atoms. The van der Waals surface area contributed by atoms with Crippen molar-refractivity contribution in [2.45, 2.75) is 11.4 Å². The molecule has 5 N–H and O–H groups in total. The van der Waals surface area contributed by atoms with E-state index in [9.17, 15) is 34.6 Å².